The molecule has 0 aliphatic rings. The number of nitrogens with zero attached hydrogens (tertiary/aromatic N) is 2. The van der Waals surface area contributed by atoms with Gasteiger partial charge in [-0.25, -0.2) is 0 Å². The normalized spacial score (nSPS) is 12.0. The molecule has 4 nitrogen and oxygen atoms in total. The summed E-state index contributed by atoms with van der Waals surface area (Å²) in [5, 5.41) is 9.35. The fourth-order valence-electron chi connectivity index (χ4n) is 10.2. The van der Waals surface area contributed by atoms with E-state index in [0.29, 0.717) is 0 Å². The summed E-state index contributed by atoms with van der Waals surface area (Å²) in [7, 11) is 0. The Balaban J connectivity index is 0.890. The van der Waals surface area contributed by atoms with E-state index in [-0.39, 0.29) is 0 Å². The Bertz CT molecular complexity index is 3810. The zero-order valence-electron chi connectivity index (χ0n) is 35.0. The van der Waals surface area contributed by atoms with Crippen LogP contribution in [0.25, 0.3) is 121 Å². The third-order valence-electron chi connectivity index (χ3n) is 13.2. The molecule has 0 spiro atoms. The molecule has 0 aliphatic carbocycles. The van der Waals surface area contributed by atoms with Gasteiger partial charge in [-0.3, -0.25) is 0 Å². The molecule has 0 atom stereocenters. The van der Waals surface area contributed by atoms with E-state index in [1.54, 1.807) is 0 Å². The molecular formula is C60H40N2O2. The van der Waals surface area contributed by atoms with Crippen LogP contribution in [0.15, 0.2) is 216 Å². The summed E-state index contributed by atoms with van der Waals surface area (Å²) in [6.07, 6.45) is 5.61. The molecule has 13 rings (SSSR count). The predicted octanol–water partition coefficient (Wildman–Crippen LogP) is 16.5. The van der Waals surface area contributed by atoms with Crippen molar-refractivity contribution in [2.45, 2.75) is 12.8 Å². The van der Waals surface area contributed by atoms with Crippen LogP contribution in [0, 0.1) is 0 Å². The first-order chi connectivity index (χ1) is 31.6. The van der Waals surface area contributed by atoms with Crippen molar-refractivity contribution in [2.75, 3.05) is 0 Å². The molecule has 13 aromatic rings. The fraction of sp³-hybridized carbons (Fsp3) is 0.0333. The molecule has 4 aromatic heterocycles. The fourth-order valence-corrected chi connectivity index (χ4v) is 10.2. The van der Waals surface area contributed by atoms with Crippen LogP contribution in [0.2, 0.25) is 0 Å². The molecule has 9 aromatic carbocycles. The molecule has 0 amide bonds. The number of hydrogen-bond donors (Lipinski definition) is 0. The molecular weight excluding hydrogens is 781 g/mol. The van der Waals surface area contributed by atoms with Crippen molar-refractivity contribution in [3.63, 3.8) is 0 Å². The second-order valence-electron chi connectivity index (χ2n) is 17.0. The molecule has 0 aliphatic heterocycles. The first-order valence-electron chi connectivity index (χ1n) is 21.9. The maximum absolute atomic E-state index is 6.45. The number of hydrogen-bond acceptors (Lipinski definition) is 2. The number of para-hydroxylation sites is 2. The Morgan fingerprint density at radius 2 is 0.734 bits per heavy atom. The summed E-state index contributed by atoms with van der Waals surface area (Å²) in [5.74, 6) is 0. The van der Waals surface area contributed by atoms with Gasteiger partial charge in [0.15, 0.2) is 0 Å². The van der Waals surface area contributed by atoms with E-state index in [1.807, 2.05) is 12.2 Å². The lowest BCUT2D eigenvalue weighted by molar-refractivity contribution is 0.668. The SMILES string of the molecule is C=CCc1ccc2c(c1)c1ccccc1n2-c1ccc2oc3ccc(-c4cccc(-c5ccc6oc7ccc(-n8c9ccccc9c9cc(CC=C)ccc98)cc7c6c5)c4)cc3c2c1. The van der Waals surface area contributed by atoms with Crippen LogP contribution in [0.5, 0.6) is 0 Å². The first kappa shape index (κ1) is 36.3. The quantitative estimate of drug-likeness (QED) is 0.143. The van der Waals surface area contributed by atoms with Crippen molar-refractivity contribution in [2.24, 2.45) is 0 Å². The standard InChI is InChI=1S/C60H40N2O2/c1-3-10-37-18-24-55-47(30-37)45-14-5-7-16-53(45)61(55)43-22-28-59-51(35-43)49-33-41(20-26-57(49)63-59)39-12-9-13-40(32-39)42-21-27-58-50(34-42)52-36-44(23-29-60(52)64-58)62-54-17-8-6-15-46(54)48-31-38(11-4-2)19-25-56(48)62/h3-9,12-36H,1-2,10-11H2. The van der Waals surface area contributed by atoms with Crippen molar-refractivity contribution in [1.82, 2.24) is 9.13 Å². The largest absolute Gasteiger partial charge is 0.456 e. The van der Waals surface area contributed by atoms with E-state index in [1.165, 1.54) is 54.7 Å². The molecule has 4 heteroatoms. The van der Waals surface area contributed by atoms with Gasteiger partial charge >= 0.3 is 0 Å². The van der Waals surface area contributed by atoms with Gasteiger partial charge in [-0.1, -0.05) is 91.0 Å². The molecule has 64 heavy (non-hydrogen) atoms. The Kier molecular flexibility index (Phi) is 8.00. The monoisotopic (exact) mass is 820 g/mol. The van der Waals surface area contributed by atoms with Gasteiger partial charge in [-0.2, -0.15) is 0 Å². The molecule has 4 heterocycles. The van der Waals surface area contributed by atoms with Crippen LogP contribution < -0.4 is 0 Å². The average molecular weight is 821 g/mol. The second-order valence-corrected chi connectivity index (χ2v) is 17.0. The maximum atomic E-state index is 6.45. The van der Waals surface area contributed by atoms with E-state index < -0.39 is 0 Å². The minimum absolute atomic E-state index is 0.842. The lowest BCUT2D eigenvalue weighted by Crippen LogP contribution is -1.93. The molecule has 302 valence electrons. The lowest BCUT2D eigenvalue weighted by atomic mass is 9.97. The molecule has 0 bridgehead atoms. The van der Waals surface area contributed by atoms with Gasteiger partial charge in [0.1, 0.15) is 22.3 Å². The third kappa shape index (κ3) is 5.56. The van der Waals surface area contributed by atoms with Gasteiger partial charge in [0, 0.05) is 54.5 Å². The zero-order chi connectivity index (χ0) is 42.5. The summed E-state index contributed by atoms with van der Waals surface area (Å²) in [5.41, 5.74) is 17.5. The Morgan fingerprint density at radius 1 is 0.328 bits per heavy atom. The summed E-state index contributed by atoms with van der Waals surface area (Å²) in [6.45, 7) is 7.94. The molecule has 0 radical (unpaired) electrons. The van der Waals surface area contributed by atoms with Gasteiger partial charge in [-0.15, -0.1) is 13.2 Å². The number of allylic oxidation sites excluding steroid dienone is 2. The minimum Gasteiger partial charge on any atom is -0.456 e. The molecule has 0 saturated carbocycles. The van der Waals surface area contributed by atoms with Crippen LogP contribution in [-0.4, -0.2) is 9.13 Å². The van der Waals surface area contributed by atoms with E-state index in [4.69, 9.17) is 8.83 Å². The third-order valence-corrected chi connectivity index (χ3v) is 13.2. The molecule has 0 unspecified atom stereocenters. The van der Waals surface area contributed by atoms with Crippen LogP contribution >= 0.6 is 0 Å². The predicted molar refractivity (Wildman–Crippen MR) is 268 cm³/mol. The summed E-state index contributed by atoms with van der Waals surface area (Å²) >= 11 is 0. The van der Waals surface area contributed by atoms with Gasteiger partial charge in [0.2, 0.25) is 0 Å². The second kappa shape index (κ2) is 14.1. The highest BCUT2D eigenvalue weighted by atomic mass is 16.3. The summed E-state index contributed by atoms with van der Waals surface area (Å²) in [6, 6.07) is 65.9. The highest BCUT2D eigenvalue weighted by Crippen LogP contribution is 2.40. The number of fused-ring (bicyclic) bond motifs is 12. The lowest BCUT2D eigenvalue weighted by Gasteiger charge is -2.09. The van der Waals surface area contributed by atoms with Crippen molar-refractivity contribution in [3.05, 3.63) is 218 Å². The van der Waals surface area contributed by atoms with Crippen LogP contribution in [0.3, 0.4) is 0 Å². The number of furan rings is 2. The van der Waals surface area contributed by atoms with Crippen molar-refractivity contribution in [3.8, 4) is 33.6 Å². The van der Waals surface area contributed by atoms with Crippen LogP contribution in [0.4, 0.5) is 0 Å². The summed E-state index contributed by atoms with van der Waals surface area (Å²) < 4.78 is 17.6. The Labute approximate surface area is 368 Å². The van der Waals surface area contributed by atoms with E-state index in [9.17, 15) is 0 Å². The van der Waals surface area contributed by atoms with Crippen molar-refractivity contribution in [1.29, 1.82) is 0 Å². The highest BCUT2D eigenvalue weighted by Gasteiger charge is 2.18. The minimum atomic E-state index is 0.842. The van der Waals surface area contributed by atoms with Gasteiger partial charge in [-0.05, 0) is 149 Å². The maximum Gasteiger partial charge on any atom is 0.135 e. The number of aromatic nitrogens is 2. The van der Waals surface area contributed by atoms with Crippen molar-refractivity contribution >= 4 is 87.5 Å². The van der Waals surface area contributed by atoms with Gasteiger partial charge < -0.3 is 18.0 Å². The number of benzene rings is 9. The smallest absolute Gasteiger partial charge is 0.135 e. The molecule has 0 fully saturated rings. The molecule has 0 saturated heterocycles. The molecule has 0 N–H and O–H groups in total. The van der Waals surface area contributed by atoms with Gasteiger partial charge in [0.05, 0.1) is 22.1 Å². The Hall–Kier alpha value is -8.34. The topological polar surface area (TPSA) is 36.1 Å². The zero-order valence-corrected chi connectivity index (χ0v) is 35.0. The number of rotatable bonds is 8. The van der Waals surface area contributed by atoms with Crippen LogP contribution in [-0.2, 0) is 12.8 Å². The average Bonchev–Trinajstić information content (AvgIpc) is 4.08. The first-order valence-corrected chi connectivity index (χ1v) is 21.9. The van der Waals surface area contributed by atoms with E-state index in [2.05, 4.69) is 204 Å². The summed E-state index contributed by atoms with van der Waals surface area (Å²) in [4.78, 5) is 0. The highest BCUT2D eigenvalue weighted by molar-refractivity contribution is 6.13. The van der Waals surface area contributed by atoms with Crippen LogP contribution in [0.1, 0.15) is 11.1 Å². The van der Waals surface area contributed by atoms with Gasteiger partial charge in [0.25, 0.3) is 0 Å². The van der Waals surface area contributed by atoms with E-state index in [0.717, 1.165) is 90.3 Å². The van der Waals surface area contributed by atoms with E-state index >= 15 is 0 Å². The van der Waals surface area contributed by atoms with Crippen molar-refractivity contribution < 1.29 is 8.83 Å². The Morgan fingerprint density at radius 3 is 1.20 bits per heavy atom.